The number of imidazole rings is 1. The number of carbonyl (C=O) groups excluding carboxylic acids is 1. The van der Waals surface area contributed by atoms with Gasteiger partial charge >= 0.3 is 0 Å². The van der Waals surface area contributed by atoms with Crippen molar-refractivity contribution in [3.05, 3.63) is 82.9 Å². The lowest BCUT2D eigenvalue weighted by Gasteiger charge is -2.18. The smallest absolute Gasteiger partial charge is 0.244 e. The van der Waals surface area contributed by atoms with E-state index in [1.807, 2.05) is 53.2 Å². The third kappa shape index (κ3) is 4.32. The Morgan fingerprint density at radius 1 is 1.24 bits per heavy atom. The molecule has 1 amide bonds. The Hall–Kier alpha value is -3.14. The van der Waals surface area contributed by atoms with Gasteiger partial charge in [0.05, 0.1) is 29.7 Å². The number of hydrogen-bond acceptors (Lipinski definition) is 4. The van der Waals surface area contributed by atoms with Gasteiger partial charge in [-0.3, -0.25) is 4.79 Å². The van der Waals surface area contributed by atoms with Gasteiger partial charge < -0.3 is 14.8 Å². The Labute approximate surface area is 174 Å². The molecule has 1 atom stereocenters. The van der Waals surface area contributed by atoms with Crippen molar-refractivity contribution in [3.8, 4) is 6.07 Å². The summed E-state index contributed by atoms with van der Waals surface area (Å²) in [6, 6.07) is 16.8. The average molecular weight is 406 g/mol. The van der Waals surface area contributed by atoms with Crippen LogP contribution in [0.2, 0.25) is 5.02 Å². The highest BCUT2D eigenvalue weighted by Crippen LogP contribution is 2.24. The molecular formula is C22H20ClN5O. The average Bonchev–Trinajstić information content (AvgIpc) is 3.33. The number of aromatic nitrogens is 2. The van der Waals surface area contributed by atoms with Crippen LogP contribution < -0.4 is 10.2 Å². The lowest BCUT2D eigenvalue weighted by atomic mass is 10.1. The maximum atomic E-state index is 12.8. The number of hydrogen-bond donors (Lipinski definition) is 1. The number of rotatable bonds is 6. The lowest BCUT2D eigenvalue weighted by molar-refractivity contribution is -0.118. The molecule has 7 heteroatoms. The van der Waals surface area contributed by atoms with Crippen molar-refractivity contribution in [3.63, 3.8) is 0 Å². The van der Waals surface area contributed by atoms with Gasteiger partial charge in [0.1, 0.15) is 0 Å². The molecule has 0 saturated carbocycles. The standard InChI is InChI=1S/C22H20ClN5O/c23-18-2-1-3-19(10-18)28-9-8-21(22(28)29)26-13-20-12-25-15-27(20)14-17-6-4-16(11-24)5-7-17/h1-7,10,12,15,21,26H,8-9,13-14H2/t21-/m1/s1. The van der Waals surface area contributed by atoms with Crippen LogP contribution in [0.4, 0.5) is 5.69 Å². The summed E-state index contributed by atoms with van der Waals surface area (Å²) < 4.78 is 2.04. The Morgan fingerprint density at radius 2 is 2.07 bits per heavy atom. The first-order valence-corrected chi connectivity index (χ1v) is 9.80. The number of benzene rings is 2. The quantitative estimate of drug-likeness (QED) is 0.682. The van der Waals surface area contributed by atoms with Crippen LogP contribution in [0.25, 0.3) is 0 Å². The molecule has 4 rings (SSSR count). The highest BCUT2D eigenvalue weighted by molar-refractivity contribution is 6.31. The Bertz CT molecular complexity index is 1050. The van der Waals surface area contributed by atoms with Gasteiger partial charge in [0.2, 0.25) is 5.91 Å². The van der Waals surface area contributed by atoms with Gasteiger partial charge in [-0.25, -0.2) is 4.98 Å². The SMILES string of the molecule is N#Cc1ccc(Cn2cncc2CN[C@@H]2CCN(c3cccc(Cl)c3)C2=O)cc1. The number of carbonyl (C=O) groups is 1. The molecule has 6 nitrogen and oxygen atoms in total. The largest absolute Gasteiger partial charge is 0.329 e. The fourth-order valence-electron chi connectivity index (χ4n) is 3.52. The summed E-state index contributed by atoms with van der Waals surface area (Å²) in [4.78, 5) is 18.8. The second-order valence-corrected chi connectivity index (χ2v) is 7.45. The first-order chi connectivity index (χ1) is 14.1. The number of halogens is 1. The van der Waals surface area contributed by atoms with E-state index < -0.39 is 0 Å². The monoisotopic (exact) mass is 405 g/mol. The molecule has 1 aromatic heterocycles. The minimum Gasteiger partial charge on any atom is -0.329 e. The van der Waals surface area contributed by atoms with Crippen LogP contribution in [-0.4, -0.2) is 28.0 Å². The van der Waals surface area contributed by atoms with E-state index in [2.05, 4.69) is 16.4 Å². The molecule has 1 aliphatic rings. The summed E-state index contributed by atoms with van der Waals surface area (Å²) >= 11 is 6.06. The molecule has 3 aromatic rings. The van der Waals surface area contributed by atoms with E-state index in [0.29, 0.717) is 30.2 Å². The van der Waals surface area contributed by atoms with Gasteiger partial charge in [-0.15, -0.1) is 0 Å². The van der Waals surface area contributed by atoms with Crippen molar-refractivity contribution in [2.45, 2.75) is 25.6 Å². The fraction of sp³-hybridized carbons (Fsp3) is 0.227. The van der Waals surface area contributed by atoms with E-state index in [1.165, 1.54) is 0 Å². The highest BCUT2D eigenvalue weighted by atomic mass is 35.5. The zero-order valence-electron chi connectivity index (χ0n) is 15.8. The number of nitrogens with one attached hydrogen (secondary N) is 1. The van der Waals surface area contributed by atoms with Crippen LogP contribution >= 0.6 is 11.6 Å². The van der Waals surface area contributed by atoms with Crippen molar-refractivity contribution in [2.75, 3.05) is 11.4 Å². The third-order valence-corrected chi connectivity index (χ3v) is 5.32. The summed E-state index contributed by atoms with van der Waals surface area (Å²) in [6.45, 7) is 1.88. The third-order valence-electron chi connectivity index (χ3n) is 5.09. The van der Waals surface area contributed by atoms with E-state index in [4.69, 9.17) is 16.9 Å². The van der Waals surface area contributed by atoms with E-state index >= 15 is 0 Å². The second kappa shape index (κ2) is 8.48. The molecule has 0 bridgehead atoms. The van der Waals surface area contributed by atoms with Crippen LogP contribution in [0.15, 0.2) is 61.1 Å². The summed E-state index contributed by atoms with van der Waals surface area (Å²) in [6.07, 6.45) is 4.34. The fourth-order valence-corrected chi connectivity index (χ4v) is 3.70. The van der Waals surface area contributed by atoms with Gasteiger partial charge in [0.15, 0.2) is 0 Å². The maximum Gasteiger partial charge on any atom is 0.244 e. The number of amides is 1. The number of nitriles is 1. The Kier molecular flexibility index (Phi) is 5.61. The van der Waals surface area contributed by atoms with Crippen molar-refractivity contribution in [1.29, 1.82) is 5.26 Å². The van der Waals surface area contributed by atoms with E-state index in [0.717, 1.165) is 23.4 Å². The molecule has 1 fully saturated rings. The molecule has 2 aromatic carbocycles. The normalized spacial score (nSPS) is 16.2. The van der Waals surface area contributed by atoms with Gasteiger partial charge in [-0.05, 0) is 42.3 Å². The maximum absolute atomic E-state index is 12.8. The van der Waals surface area contributed by atoms with Crippen LogP contribution in [0.5, 0.6) is 0 Å². The van der Waals surface area contributed by atoms with Gasteiger partial charge in [-0.2, -0.15) is 5.26 Å². The summed E-state index contributed by atoms with van der Waals surface area (Å²) in [5.41, 5.74) is 3.57. The molecule has 29 heavy (non-hydrogen) atoms. The molecule has 0 aliphatic carbocycles. The molecule has 1 aliphatic heterocycles. The lowest BCUT2D eigenvalue weighted by Crippen LogP contribution is -2.38. The van der Waals surface area contributed by atoms with Gasteiger partial charge in [0, 0.05) is 36.5 Å². The zero-order valence-corrected chi connectivity index (χ0v) is 16.5. The molecule has 1 N–H and O–H groups in total. The van der Waals surface area contributed by atoms with Crippen molar-refractivity contribution < 1.29 is 4.79 Å². The molecule has 146 valence electrons. The topological polar surface area (TPSA) is 74.0 Å². The molecule has 0 radical (unpaired) electrons. The molecular weight excluding hydrogens is 386 g/mol. The zero-order chi connectivity index (χ0) is 20.2. The summed E-state index contributed by atoms with van der Waals surface area (Å²) in [5, 5.41) is 12.9. The van der Waals surface area contributed by atoms with E-state index in [-0.39, 0.29) is 11.9 Å². The van der Waals surface area contributed by atoms with Gasteiger partial charge in [-0.1, -0.05) is 29.8 Å². The predicted octanol–water partition coefficient (Wildman–Crippen LogP) is 3.35. The Balaban J connectivity index is 1.38. The van der Waals surface area contributed by atoms with Crippen molar-refractivity contribution in [1.82, 2.24) is 14.9 Å². The Morgan fingerprint density at radius 3 is 2.83 bits per heavy atom. The summed E-state index contributed by atoms with van der Waals surface area (Å²) in [5.74, 6) is 0.0606. The van der Waals surface area contributed by atoms with Crippen LogP contribution in [-0.2, 0) is 17.9 Å². The van der Waals surface area contributed by atoms with Crippen LogP contribution in [0.1, 0.15) is 23.2 Å². The van der Waals surface area contributed by atoms with E-state index in [1.54, 1.807) is 17.3 Å². The van der Waals surface area contributed by atoms with Crippen molar-refractivity contribution >= 4 is 23.2 Å². The van der Waals surface area contributed by atoms with Crippen molar-refractivity contribution in [2.24, 2.45) is 0 Å². The number of anilines is 1. The summed E-state index contributed by atoms with van der Waals surface area (Å²) in [7, 11) is 0. The van der Waals surface area contributed by atoms with Crippen LogP contribution in [0.3, 0.4) is 0 Å². The van der Waals surface area contributed by atoms with Crippen LogP contribution in [0, 0.1) is 11.3 Å². The first-order valence-electron chi connectivity index (χ1n) is 9.42. The molecule has 0 spiro atoms. The highest BCUT2D eigenvalue weighted by Gasteiger charge is 2.32. The molecule has 0 unspecified atom stereocenters. The first kappa shape index (κ1) is 19.2. The molecule has 1 saturated heterocycles. The minimum absolute atomic E-state index is 0.0606. The van der Waals surface area contributed by atoms with E-state index in [9.17, 15) is 4.79 Å². The number of nitrogens with zero attached hydrogens (tertiary/aromatic N) is 4. The molecule has 2 heterocycles. The predicted molar refractivity (Wildman–Crippen MR) is 112 cm³/mol. The van der Waals surface area contributed by atoms with Gasteiger partial charge in [0.25, 0.3) is 0 Å². The second-order valence-electron chi connectivity index (χ2n) is 7.01. The minimum atomic E-state index is -0.229.